The fraction of sp³-hybridized carbons (Fsp3) is 0.242. The molecule has 4 aliphatic rings. The van der Waals surface area contributed by atoms with Crippen LogP contribution in [-0.2, 0) is 15.6 Å². The van der Waals surface area contributed by atoms with Gasteiger partial charge in [0.05, 0.1) is 19.8 Å². The Kier molecular flexibility index (Phi) is 4.46. The normalized spacial score (nSPS) is 19.0. The Hall–Kier alpha value is -3.99. The van der Waals surface area contributed by atoms with Crippen molar-refractivity contribution in [3.63, 3.8) is 0 Å². The average Bonchev–Trinajstić information content (AvgIpc) is 2.89. The highest BCUT2D eigenvalue weighted by Crippen LogP contribution is 2.54. The first-order chi connectivity index (χ1) is 18.1. The summed E-state index contributed by atoms with van der Waals surface area (Å²) >= 11 is 0. The highest BCUT2D eigenvalue weighted by atomic mass is 16.5. The molecule has 7 rings (SSSR count). The van der Waals surface area contributed by atoms with Crippen LogP contribution in [0.15, 0.2) is 77.3 Å². The van der Waals surface area contributed by atoms with Crippen molar-refractivity contribution < 1.29 is 19.4 Å². The SMILES string of the molecule is COc1cccc(OC)c1C1=C2C=CC(=O)C3=C2B2c4c(cccc4C(C)(C)c4c(O)ccc1c42)C3(C)C. The zero-order valence-corrected chi connectivity index (χ0v) is 22.5. The van der Waals surface area contributed by atoms with E-state index < -0.39 is 10.8 Å². The quantitative estimate of drug-likeness (QED) is 0.528. The summed E-state index contributed by atoms with van der Waals surface area (Å²) < 4.78 is 11.8. The predicted molar refractivity (Wildman–Crippen MR) is 151 cm³/mol. The minimum atomic E-state index is -0.484. The van der Waals surface area contributed by atoms with Gasteiger partial charge in [0.15, 0.2) is 5.78 Å². The molecule has 0 saturated heterocycles. The summed E-state index contributed by atoms with van der Waals surface area (Å²) in [5.41, 5.74) is 10.5. The van der Waals surface area contributed by atoms with E-state index in [1.165, 1.54) is 16.6 Å². The number of phenols is 1. The van der Waals surface area contributed by atoms with Gasteiger partial charge >= 0.3 is 0 Å². The third-order valence-electron chi connectivity index (χ3n) is 9.22. The first-order valence-electron chi connectivity index (χ1n) is 13.1. The van der Waals surface area contributed by atoms with Gasteiger partial charge in [-0.15, -0.1) is 0 Å². The number of carbonyl (C=O) groups is 1. The van der Waals surface area contributed by atoms with E-state index in [9.17, 15) is 9.90 Å². The third kappa shape index (κ3) is 2.54. The minimum Gasteiger partial charge on any atom is -0.508 e. The highest BCUT2D eigenvalue weighted by Gasteiger charge is 2.55. The zero-order valence-electron chi connectivity index (χ0n) is 22.5. The van der Waals surface area contributed by atoms with Crippen LogP contribution in [0.4, 0.5) is 0 Å². The second kappa shape index (κ2) is 7.31. The van der Waals surface area contributed by atoms with Gasteiger partial charge in [-0.05, 0) is 52.1 Å². The summed E-state index contributed by atoms with van der Waals surface area (Å²) in [4.78, 5) is 13.7. The van der Waals surface area contributed by atoms with Crippen LogP contribution in [0.1, 0.15) is 55.5 Å². The molecule has 0 aromatic heterocycles. The first-order valence-corrected chi connectivity index (χ1v) is 13.1. The molecule has 0 spiro atoms. The molecule has 3 aliphatic heterocycles. The smallest absolute Gasteiger partial charge is 0.244 e. The minimum absolute atomic E-state index is 0.0473. The van der Waals surface area contributed by atoms with Crippen molar-refractivity contribution in [3.05, 3.63) is 105 Å². The molecule has 1 N–H and O–H groups in total. The van der Waals surface area contributed by atoms with E-state index in [1.54, 1.807) is 20.3 Å². The van der Waals surface area contributed by atoms with Crippen LogP contribution in [-0.4, -0.2) is 31.8 Å². The van der Waals surface area contributed by atoms with E-state index in [0.29, 0.717) is 11.5 Å². The Balaban J connectivity index is 1.75. The van der Waals surface area contributed by atoms with Crippen LogP contribution in [0.5, 0.6) is 17.2 Å². The molecule has 5 heteroatoms. The van der Waals surface area contributed by atoms with Crippen molar-refractivity contribution in [1.82, 2.24) is 0 Å². The zero-order chi connectivity index (χ0) is 26.7. The van der Waals surface area contributed by atoms with Gasteiger partial charge in [-0.3, -0.25) is 4.79 Å². The second-order valence-electron chi connectivity index (χ2n) is 11.7. The Bertz CT molecular complexity index is 1690. The Morgan fingerprint density at radius 3 is 2.08 bits per heavy atom. The maximum atomic E-state index is 13.7. The molecule has 188 valence electrons. The maximum Gasteiger partial charge on any atom is 0.244 e. The number of rotatable bonds is 3. The third-order valence-corrected chi connectivity index (χ3v) is 9.22. The first kappa shape index (κ1) is 23.2. The molecule has 3 aromatic rings. The number of methoxy groups -OCH3 is 2. The van der Waals surface area contributed by atoms with Crippen LogP contribution < -0.4 is 20.4 Å². The van der Waals surface area contributed by atoms with Crippen molar-refractivity contribution in [2.45, 2.75) is 38.5 Å². The van der Waals surface area contributed by atoms with E-state index in [2.05, 4.69) is 45.9 Å². The summed E-state index contributed by atoms with van der Waals surface area (Å²) in [6, 6.07) is 16.1. The van der Waals surface area contributed by atoms with Crippen LogP contribution >= 0.6 is 0 Å². The van der Waals surface area contributed by atoms with Crippen molar-refractivity contribution in [2.24, 2.45) is 0 Å². The lowest BCUT2D eigenvalue weighted by atomic mass is 9.24. The molecule has 0 unspecified atom stereocenters. The Morgan fingerprint density at radius 1 is 0.789 bits per heavy atom. The fourth-order valence-electron chi connectivity index (χ4n) is 7.73. The standard InChI is InChI=1S/C33H29BO4/c1-32(2)19-9-7-10-20-31(19)34-29-17(13-15-21(35)27(29)32)25(26-23(37-5)11-8-12-24(26)38-6)18-14-16-22(36)28(30(18)34)33(20,3)4/h7-16,35H,1-6H3. The van der Waals surface area contributed by atoms with E-state index >= 15 is 0 Å². The van der Waals surface area contributed by atoms with Gasteiger partial charge in [0, 0.05) is 22.0 Å². The number of allylic oxidation sites excluding steroid dienone is 5. The molecule has 3 aromatic carbocycles. The average molecular weight is 500 g/mol. The second-order valence-corrected chi connectivity index (χ2v) is 11.7. The van der Waals surface area contributed by atoms with Crippen LogP contribution in [0.3, 0.4) is 0 Å². The van der Waals surface area contributed by atoms with Gasteiger partial charge in [-0.1, -0.05) is 80.5 Å². The van der Waals surface area contributed by atoms with E-state index in [4.69, 9.17) is 9.47 Å². The lowest BCUT2D eigenvalue weighted by molar-refractivity contribution is -0.112. The van der Waals surface area contributed by atoms with Gasteiger partial charge in [0.25, 0.3) is 0 Å². The molecule has 4 nitrogen and oxygen atoms in total. The van der Waals surface area contributed by atoms with E-state index in [1.807, 2.05) is 36.4 Å². The monoisotopic (exact) mass is 500 g/mol. The number of hydrogen-bond acceptors (Lipinski definition) is 4. The topological polar surface area (TPSA) is 55.8 Å². The van der Waals surface area contributed by atoms with Gasteiger partial charge in [0.2, 0.25) is 6.71 Å². The van der Waals surface area contributed by atoms with Gasteiger partial charge in [-0.2, -0.15) is 0 Å². The molecule has 3 heterocycles. The summed E-state index contributed by atoms with van der Waals surface area (Å²) in [5.74, 6) is 1.73. The van der Waals surface area contributed by atoms with Crippen molar-refractivity contribution in [3.8, 4) is 17.2 Å². The molecule has 0 saturated carbocycles. The van der Waals surface area contributed by atoms with Crippen molar-refractivity contribution >= 4 is 29.0 Å². The van der Waals surface area contributed by atoms with Crippen molar-refractivity contribution in [1.29, 1.82) is 0 Å². The van der Waals surface area contributed by atoms with Crippen LogP contribution in [0, 0.1) is 0 Å². The molecular weight excluding hydrogens is 471 g/mol. The number of ketones is 1. The molecule has 0 atom stereocenters. The van der Waals surface area contributed by atoms with Crippen molar-refractivity contribution in [2.75, 3.05) is 14.2 Å². The van der Waals surface area contributed by atoms with E-state index in [-0.39, 0.29) is 18.2 Å². The van der Waals surface area contributed by atoms with E-state index in [0.717, 1.165) is 44.3 Å². The summed E-state index contributed by atoms with van der Waals surface area (Å²) in [6.07, 6.45) is 3.69. The molecular formula is C33H29BO4. The molecule has 38 heavy (non-hydrogen) atoms. The van der Waals surface area contributed by atoms with Gasteiger partial charge in [-0.25, -0.2) is 0 Å². The largest absolute Gasteiger partial charge is 0.508 e. The van der Waals surface area contributed by atoms with Crippen LogP contribution in [0.2, 0.25) is 0 Å². The Labute approximate surface area is 223 Å². The number of carbonyl (C=O) groups excluding carboxylic acids is 1. The number of aromatic hydroxyl groups is 1. The number of benzene rings is 3. The summed E-state index contributed by atoms with van der Waals surface area (Å²) in [7, 11) is 3.34. The fourth-order valence-corrected chi connectivity index (χ4v) is 7.73. The summed E-state index contributed by atoms with van der Waals surface area (Å²) in [6.45, 7) is 8.58. The highest BCUT2D eigenvalue weighted by molar-refractivity contribution is 6.95. The maximum absolute atomic E-state index is 13.7. The molecule has 0 fully saturated rings. The molecule has 0 bridgehead atoms. The van der Waals surface area contributed by atoms with Gasteiger partial charge in [0.1, 0.15) is 17.2 Å². The van der Waals surface area contributed by atoms with Crippen LogP contribution in [0.25, 0.3) is 5.57 Å². The summed E-state index contributed by atoms with van der Waals surface area (Å²) in [5, 5.41) is 11.4. The lowest BCUT2D eigenvalue weighted by Crippen LogP contribution is -2.63. The molecule has 0 amide bonds. The number of ether oxygens (including phenoxy) is 2. The molecule has 0 radical (unpaired) electrons. The predicted octanol–water partition coefficient (Wildman–Crippen LogP) is 4.74. The van der Waals surface area contributed by atoms with Gasteiger partial charge < -0.3 is 14.6 Å². The number of hydrogen-bond donors (Lipinski definition) is 1. The molecule has 1 aliphatic carbocycles. The number of phenolic OH excluding ortho intramolecular Hbond substituents is 1. The Morgan fingerprint density at radius 2 is 1.42 bits per heavy atom. The lowest BCUT2D eigenvalue weighted by Gasteiger charge is -2.50.